The Morgan fingerprint density at radius 2 is 1.86 bits per heavy atom. The van der Waals surface area contributed by atoms with Crippen LogP contribution in [0, 0.1) is 0 Å². The van der Waals surface area contributed by atoms with Gasteiger partial charge in [-0.2, -0.15) is 0 Å². The molecule has 0 fully saturated rings. The summed E-state index contributed by atoms with van der Waals surface area (Å²) in [4.78, 5) is 40.1. The highest BCUT2D eigenvalue weighted by molar-refractivity contribution is 8.00. The molecule has 6 nitrogen and oxygen atoms in total. The summed E-state index contributed by atoms with van der Waals surface area (Å²) in [6.07, 6.45) is 8.60. The van der Waals surface area contributed by atoms with Gasteiger partial charge in [0, 0.05) is 21.9 Å². The van der Waals surface area contributed by atoms with Crippen LogP contribution in [0.4, 0.5) is 10.7 Å². The second-order valence-electron chi connectivity index (χ2n) is 8.77. The van der Waals surface area contributed by atoms with Gasteiger partial charge in [0.15, 0.2) is 0 Å². The molecular weight excluding hydrogens is 480 g/mol. The minimum absolute atomic E-state index is 0.000418. The molecule has 2 amide bonds. The molecule has 0 bridgehead atoms. The first kappa shape index (κ1) is 27.3. The van der Waals surface area contributed by atoms with Gasteiger partial charge in [0.1, 0.15) is 5.00 Å². The quantitative estimate of drug-likeness (QED) is 0.267. The van der Waals surface area contributed by atoms with Crippen LogP contribution in [0.15, 0.2) is 29.2 Å². The molecule has 1 unspecified atom stereocenters. The SMILES string of the molecule is CCCCC(=O)Nc1cccc(SC(C)C(=O)Nc2sc3c(c2C(=O)OCC)CCCCCC3)c1. The number of esters is 1. The zero-order valence-electron chi connectivity index (χ0n) is 20.9. The predicted molar refractivity (Wildman–Crippen MR) is 145 cm³/mol. The monoisotopic (exact) mass is 516 g/mol. The molecule has 190 valence electrons. The van der Waals surface area contributed by atoms with Crippen molar-refractivity contribution >= 4 is 51.6 Å². The van der Waals surface area contributed by atoms with Gasteiger partial charge in [-0.15, -0.1) is 23.1 Å². The number of benzene rings is 1. The number of carbonyl (C=O) groups excluding carboxylic acids is 3. The van der Waals surface area contributed by atoms with Gasteiger partial charge in [-0.3, -0.25) is 9.59 Å². The lowest BCUT2D eigenvalue weighted by Gasteiger charge is -2.14. The Morgan fingerprint density at radius 1 is 1.09 bits per heavy atom. The first-order chi connectivity index (χ1) is 16.9. The molecule has 0 spiro atoms. The lowest BCUT2D eigenvalue weighted by Crippen LogP contribution is -2.23. The summed E-state index contributed by atoms with van der Waals surface area (Å²) in [5, 5.41) is 6.17. The number of fused-ring (bicyclic) bond motifs is 1. The lowest BCUT2D eigenvalue weighted by molar-refractivity contribution is -0.116. The number of hydrogen-bond acceptors (Lipinski definition) is 6. The zero-order chi connectivity index (χ0) is 25.2. The summed E-state index contributed by atoms with van der Waals surface area (Å²) in [6.45, 7) is 6.00. The molecule has 2 aromatic rings. The van der Waals surface area contributed by atoms with Gasteiger partial charge in [-0.1, -0.05) is 32.3 Å². The fourth-order valence-electron chi connectivity index (χ4n) is 4.11. The average Bonchev–Trinajstić information content (AvgIpc) is 3.13. The summed E-state index contributed by atoms with van der Waals surface area (Å²) in [5.74, 6) is -0.514. The van der Waals surface area contributed by atoms with Gasteiger partial charge in [-0.25, -0.2) is 4.79 Å². The fourth-order valence-corrected chi connectivity index (χ4v) is 6.31. The van der Waals surface area contributed by atoms with E-state index in [1.807, 2.05) is 31.2 Å². The summed E-state index contributed by atoms with van der Waals surface area (Å²) in [5.41, 5.74) is 2.32. The molecule has 3 rings (SSSR count). The van der Waals surface area contributed by atoms with Gasteiger partial charge >= 0.3 is 5.97 Å². The molecule has 1 aromatic carbocycles. The van der Waals surface area contributed by atoms with Crippen LogP contribution in [0.3, 0.4) is 0 Å². The van der Waals surface area contributed by atoms with Crippen LogP contribution in [0.1, 0.15) is 86.5 Å². The number of carbonyl (C=O) groups is 3. The summed E-state index contributed by atoms with van der Waals surface area (Å²) < 4.78 is 5.35. The minimum Gasteiger partial charge on any atom is -0.462 e. The maximum absolute atomic E-state index is 13.1. The van der Waals surface area contributed by atoms with Gasteiger partial charge in [0.2, 0.25) is 11.8 Å². The van der Waals surface area contributed by atoms with Crippen LogP contribution >= 0.6 is 23.1 Å². The van der Waals surface area contributed by atoms with E-state index >= 15 is 0 Å². The van der Waals surface area contributed by atoms with Crippen molar-refractivity contribution < 1.29 is 19.1 Å². The van der Waals surface area contributed by atoms with Gasteiger partial charge < -0.3 is 15.4 Å². The zero-order valence-corrected chi connectivity index (χ0v) is 22.5. The summed E-state index contributed by atoms with van der Waals surface area (Å²) >= 11 is 2.94. The Hall–Kier alpha value is -2.32. The molecule has 0 aliphatic heterocycles. The molecule has 1 aliphatic rings. The normalized spacial score (nSPS) is 14.3. The smallest absolute Gasteiger partial charge is 0.341 e. The van der Waals surface area contributed by atoms with Gasteiger partial charge in [0.25, 0.3) is 0 Å². The van der Waals surface area contributed by atoms with E-state index in [2.05, 4.69) is 17.6 Å². The summed E-state index contributed by atoms with van der Waals surface area (Å²) in [6, 6.07) is 7.54. The Kier molecular flexibility index (Phi) is 10.7. The van der Waals surface area contributed by atoms with Crippen molar-refractivity contribution in [3.8, 4) is 0 Å². The highest BCUT2D eigenvalue weighted by atomic mass is 32.2. The molecule has 0 saturated carbocycles. The van der Waals surface area contributed by atoms with Crippen molar-refractivity contribution in [2.45, 2.75) is 88.7 Å². The number of anilines is 2. The van der Waals surface area contributed by atoms with Crippen molar-refractivity contribution in [3.05, 3.63) is 40.3 Å². The Labute approximate surface area is 216 Å². The van der Waals surface area contributed by atoms with E-state index in [0.717, 1.165) is 61.1 Å². The average molecular weight is 517 g/mol. The first-order valence-electron chi connectivity index (χ1n) is 12.6. The number of rotatable bonds is 10. The fraction of sp³-hybridized carbons (Fsp3) is 0.519. The molecule has 1 aliphatic carbocycles. The first-order valence-corrected chi connectivity index (χ1v) is 14.3. The Morgan fingerprint density at radius 3 is 2.60 bits per heavy atom. The van der Waals surface area contributed by atoms with Crippen LogP contribution < -0.4 is 10.6 Å². The maximum atomic E-state index is 13.1. The van der Waals surface area contributed by atoms with Crippen LogP contribution in [0.5, 0.6) is 0 Å². The second kappa shape index (κ2) is 13.7. The van der Waals surface area contributed by atoms with Crippen molar-refractivity contribution in [2.75, 3.05) is 17.2 Å². The van der Waals surface area contributed by atoms with E-state index < -0.39 is 0 Å². The number of thiophene rings is 1. The number of unbranched alkanes of at least 4 members (excludes halogenated alkanes) is 1. The van der Waals surface area contributed by atoms with Crippen molar-refractivity contribution in [2.24, 2.45) is 0 Å². The Bertz CT molecular complexity index is 1030. The molecule has 0 saturated heterocycles. The lowest BCUT2D eigenvalue weighted by atomic mass is 9.96. The van der Waals surface area contributed by atoms with E-state index in [-0.39, 0.29) is 23.0 Å². The van der Waals surface area contributed by atoms with Gasteiger partial charge in [0.05, 0.1) is 17.4 Å². The standard InChI is InChI=1S/C27H36N2O4S2/c1-4-6-16-23(30)28-19-12-11-13-20(17-19)34-18(3)25(31)29-26-24(27(32)33-5-2)21-14-9-7-8-10-15-22(21)35-26/h11-13,17-18H,4-10,14-16H2,1-3H3,(H,28,30)(H,29,31). The maximum Gasteiger partial charge on any atom is 0.341 e. The van der Waals surface area contributed by atoms with Crippen molar-refractivity contribution in [3.63, 3.8) is 0 Å². The highest BCUT2D eigenvalue weighted by Crippen LogP contribution is 2.38. The third-order valence-corrected chi connectivity index (χ3v) is 8.25. The van der Waals surface area contributed by atoms with Gasteiger partial charge in [-0.05, 0) is 69.7 Å². The van der Waals surface area contributed by atoms with E-state index in [4.69, 9.17) is 4.74 Å². The topological polar surface area (TPSA) is 84.5 Å². The minimum atomic E-state index is -0.388. The van der Waals surface area contributed by atoms with Crippen LogP contribution in [-0.2, 0) is 27.2 Å². The molecule has 35 heavy (non-hydrogen) atoms. The highest BCUT2D eigenvalue weighted by Gasteiger charge is 2.27. The third kappa shape index (κ3) is 7.84. The van der Waals surface area contributed by atoms with E-state index in [1.165, 1.54) is 34.4 Å². The van der Waals surface area contributed by atoms with Crippen LogP contribution in [0.25, 0.3) is 0 Å². The molecule has 8 heteroatoms. The molecule has 1 heterocycles. The van der Waals surface area contributed by atoms with E-state index in [9.17, 15) is 14.4 Å². The molecule has 0 radical (unpaired) electrons. The summed E-state index contributed by atoms with van der Waals surface area (Å²) in [7, 11) is 0. The van der Waals surface area contributed by atoms with E-state index in [0.29, 0.717) is 23.6 Å². The molecule has 2 N–H and O–H groups in total. The second-order valence-corrected chi connectivity index (χ2v) is 11.3. The molecule has 1 aromatic heterocycles. The number of thioether (sulfide) groups is 1. The Balaban J connectivity index is 1.71. The number of aryl methyl sites for hydroxylation is 1. The van der Waals surface area contributed by atoms with Crippen molar-refractivity contribution in [1.29, 1.82) is 0 Å². The van der Waals surface area contributed by atoms with Crippen LogP contribution in [-0.4, -0.2) is 29.6 Å². The number of ether oxygens (including phenoxy) is 1. The number of nitrogens with one attached hydrogen (secondary N) is 2. The van der Waals surface area contributed by atoms with E-state index in [1.54, 1.807) is 6.92 Å². The van der Waals surface area contributed by atoms with Crippen molar-refractivity contribution in [1.82, 2.24) is 0 Å². The third-order valence-electron chi connectivity index (χ3n) is 5.94. The molecular formula is C27H36N2O4S2. The largest absolute Gasteiger partial charge is 0.462 e. The van der Waals surface area contributed by atoms with Crippen LogP contribution in [0.2, 0.25) is 0 Å². The number of amides is 2. The molecule has 1 atom stereocenters. The predicted octanol–water partition coefficient (Wildman–Crippen LogP) is 6.83. The number of hydrogen-bond donors (Lipinski definition) is 2.